The van der Waals surface area contributed by atoms with Crippen LogP contribution in [0, 0.1) is 0 Å². The Morgan fingerprint density at radius 1 is 1.28 bits per heavy atom. The molecule has 0 fully saturated rings. The topological polar surface area (TPSA) is 78.6 Å². The number of nitrogens with two attached hydrogens (primary N) is 1. The number of carbonyl (C=O) groups is 2. The third-order valence-electron chi connectivity index (χ3n) is 2.07. The lowest BCUT2D eigenvalue weighted by Crippen LogP contribution is -2.20. The number of carbonyl (C=O) groups excluding carboxylic acids is 2. The Labute approximate surface area is 112 Å². The van der Waals surface area contributed by atoms with E-state index in [9.17, 15) is 9.59 Å². The number of hydrogen-bond acceptors (Lipinski definition) is 5. The molecule has 0 aromatic heterocycles. The van der Waals surface area contributed by atoms with E-state index in [0.717, 1.165) is 5.56 Å². The lowest BCUT2D eigenvalue weighted by molar-refractivity contribution is -0.140. The van der Waals surface area contributed by atoms with Gasteiger partial charge in [0.05, 0.1) is 13.0 Å². The van der Waals surface area contributed by atoms with Crippen molar-refractivity contribution in [3.63, 3.8) is 0 Å². The maximum Gasteiger partial charge on any atom is 0.516 e. The van der Waals surface area contributed by atoms with E-state index in [1.807, 2.05) is 30.3 Å². The van der Waals surface area contributed by atoms with Gasteiger partial charge in [0.1, 0.15) is 0 Å². The van der Waals surface area contributed by atoms with Gasteiger partial charge in [0.2, 0.25) is 0 Å². The van der Waals surface area contributed by atoms with Crippen molar-refractivity contribution in [2.24, 2.45) is 5.73 Å². The van der Waals surface area contributed by atoms with Gasteiger partial charge >= 0.3 is 12.1 Å². The molecule has 0 bridgehead atoms. The third kappa shape index (κ3) is 5.65. The SMILES string of the molecule is CCOC(=O)OC(=O)C[C@H](N)c1ccccc1.Cl. The molecular weight excluding hydrogens is 258 g/mol. The molecule has 18 heavy (non-hydrogen) atoms. The average Bonchev–Trinajstić information content (AvgIpc) is 2.30. The van der Waals surface area contributed by atoms with Crippen molar-refractivity contribution in [2.45, 2.75) is 19.4 Å². The summed E-state index contributed by atoms with van der Waals surface area (Å²) in [4.78, 5) is 22.2. The predicted molar refractivity (Wildman–Crippen MR) is 68.3 cm³/mol. The highest BCUT2D eigenvalue weighted by Gasteiger charge is 2.16. The minimum absolute atomic E-state index is 0. The zero-order valence-corrected chi connectivity index (χ0v) is 10.8. The Balaban J connectivity index is 0.00000289. The summed E-state index contributed by atoms with van der Waals surface area (Å²) in [5, 5.41) is 0. The number of rotatable bonds is 4. The number of ether oxygens (including phenoxy) is 2. The van der Waals surface area contributed by atoms with Gasteiger partial charge in [-0.05, 0) is 12.5 Å². The number of esters is 1. The Bertz CT molecular complexity index is 383. The minimum Gasteiger partial charge on any atom is -0.434 e. The van der Waals surface area contributed by atoms with Crippen LogP contribution in [0.4, 0.5) is 4.79 Å². The van der Waals surface area contributed by atoms with Crippen molar-refractivity contribution in [3.8, 4) is 0 Å². The summed E-state index contributed by atoms with van der Waals surface area (Å²) in [6.45, 7) is 1.79. The van der Waals surface area contributed by atoms with Crippen molar-refractivity contribution in [1.29, 1.82) is 0 Å². The summed E-state index contributed by atoms with van der Waals surface area (Å²) in [6.07, 6.45) is -1.05. The van der Waals surface area contributed by atoms with Crippen molar-refractivity contribution in [2.75, 3.05) is 6.61 Å². The molecular formula is C12H16ClNO4. The molecule has 100 valence electrons. The zero-order chi connectivity index (χ0) is 12.7. The van der Waals surface area contributed by atoms with E-state index < -0.39 is 18.2 Å². The molecule has 0 amide bonds. The fraction of sp³-hybridized carbons (Fsp3) is 0.333. The van der Waals surface area contributed by atoms with E-state index in [2.05, 4.69) is 9.47 Å². The minimum atomic E-state index is -0.988. The van der Waals surface area contributed by atoms with Crippen LogP contribution in [0.3, 0.4) is 0 Å². The highest BCUT2D eigenvalue weighted by atomic mass is 35.5. The van der Waals surface area contributed by atoms with Crippen LogP contribution < -0.4 is 5.73 Å². The lowest BCUT2D eigenvalue weighted by atomic mass is 10.1. The maximum atomic E-state index is 11.3. The van der Waals surface area contributed by atoms with Gasteiger partial charge in [-0.1, -0.05) is 30.3 Å². The van der Waals surface area contributed by atoms with E-state index in [0.29, 0.717) is 0 Å². The van der Waals surface area contributed by atoms with Crippen LogP contribution in [-0.2, 0) is 14.3 Å². The fourth-order valence-corrected chi connectivity index (χ4v) is 1.28. The molecule has 0 aliphatic rings. The highest BCUT2D eigenvalue weighted by Crippen LogP contribution is 2.13. The first-order valence-electron chi connectivity index (χ1n) is 5.31. The summed E-state index contributed by atoms with van der Waals surface area (Å²) in [5.74, 6) is -0.695. The van der Waals surface area contributed by atoms with E-state index in [4.69, 9.17) is 5.73 Å². The van der Waals surface area contributed by atoms with Gasteiger partial charge in [-0.3, -0.25) is 4.79 Å². The molecule has 0 saturated heterocycles. The Hall–Kier alpha value is -1.59. The summed E-state index contributed by atoms with van der Waals surface area (Å²) < 4.78 is 8.88. The fourth-order valence-electron chi connectivity index (χ4n) is 1.28. The van der Waals surface area contributed by atoms with E-state index in [-0.39, 0.29) is 25.4 Å². The maximum absolute atomic E-state index is 11.3. The molecule has 1 aromatic rings. The van der Waals surface area contributed by atoms with E-state index in [1.165, 1.54) is 0 Å². The first-order chi connectivity index (χ1) is 8.13. The van der Waals surface area contributed by atoms with Crippen LogP contribution in [0.5, 0.6) is 0 Å². The van der Waals surface area contributed by atoms with Crippen LogP contribution in [0.25, 0.3) is 0 Å². The van der Waals surface area contributed by atoms with Gasteiger partial charge in [0.15, 0.2) is 0 Å². The van der Waals surface area contributed by atoms with Crippen molar-refractivity contribution in [3.05, 3.63) is 35.9 Å². The first kappa shape index (κ1) is 16.4. The van der Waals surface area contributed by atoms with E-state index >= 15 is 0 Å². The molecule has 6 heteroatoms. The number of hydrogen-bond donors (Lipinski definition) is 1. The van der Waals surface area contributed by atoms with Crippen LogP contribution in [0.1, 0.15) is 24.9 Å². The van der Waals surface area contributed by atoms with Gasteiger partial charge in [-0.25, -0.2) is 4.79 Å². The quantitative estimate of drug-likeness (QED) is 0.672. The molecule has 1 atom stereocenters. The lowest BCUT2D eigenvalue weighted by Gasteiger charge is -2.10. The van der Waals surface area contributed by atoms with Gasteiger partial charge in [0.25, 0.3) is 0 Å². The van der Waals surface area contributed by atoms with Gasteiger partial charge < -0.3 is 15.2 Å². The predicted octanol–water partition coefficient (Wildman–Crippen LogP) is 2.20. The third-order valence-corrected chi connectivity index (χ3v) is 2.07. The molecule has 5 nitrogen and oxygen atoms in total. The van der Waals surface area contributed by atoms with Crippen LogP contribution >= 0.6 is 12.4 Å². The van der Waals surface area contributed by atoms with Gasteiger partial charge in [-0.15, -0.1) is 12.4 Å². The van der Waals surface area contributed by atoms with Crippen molar-refractivity contribution < 1.29 is 19.1 Å². The monoisotopic (exact) mass is 273 g/mol. The molecule has 0 spiro atoms. The molecule has 0 radical (unpaired) electrons. The van der Waals surface area contributed by atoms with Crippen molar-refractivity contribution >= 4 is 24.5 Å². The Kier molecular flexibility index (Phi) is 7.74. The highest BCUT2D eigenvalue weighted by molar-refractivity contribution is 5.85. The molecule has 0 unspecified atom stereocenters. The number of halogens is 1. The van der Waals surface area contributed by atoms with Crippen molar-refractivity contribution in [1.82, 2.24) is 0 Å². The summed E-state index contributed by atoms with van der Waals surface area (Å²) in [5.41, 5.74) is 6.61. The molecule has 0 heterocycles. The molecule has 0 aliphatic carbocycles. The molecule has 1 aromatic carbocycles. The summed E-state index contributed by atoms with van der Waals surface area (Å²) in [6, 6.07) is 8.63. The largest absolute Gasteiger partial charge is 0.516 e. The average molecular weight is 274 g/mol. The summed E-state index contributed by atoms with van der Waals surface area (Å²) in [7, 11) is 0. The summed E-state index contributed by atoms with van der Waals surface area (Å²) >= 11 is 0. The first-order valence-corrected chi connectivity index (χ1v) is 5.31. The molecule has 1 rings (SSSR count). The smallest absolute Gasteiger partial charge is 0.434 e. The normalized spacial score (nSPS) is 11.0. The van der Waals surface area contributed by atoms with Gasteiger partial charge in [-0.2, -0.15) is 0 Å². The Morgan fingerprint density at radius 3 is 2.44 bits per heavy atom. The standard InChI is InChI=1S/C12H15NO4.ClH/c1-2-16-12(15)17-11(14)8-10(13)9-6-4-3-5-7-9;/h3-7,10H,2,8,13H2,1H3;1H/t10-;/m0./s1. The molecule has 0 saturated carbocycles. The molecule has 2 N–H and O–H groups in total. The van der Waals surface area contributed by atoms with E-state index in [1.54, 1.807) is 6.92 Å². The second-order valence-electron chi connectivity index (χ2n) is 3.38. The van der Waals surface area contributed by atoms with Gasteiger partial charge in [0, 0.05) is 6.04 Å². The number of benzene rings is 1. The van der Waals surface area contributed by atoms with Crippen LogP contribution in [0.15, 0.2) is 30.3 Å². The van der Waals surface area contributed by atoms with Crippen LogP contribution in [0.2, 0.25) is 0 Å². The second-order valence-corrected chi connectivity index (χ2v) is 3.38. The van der Waals surface area contributed by atoms with Crippen LogP contribution in [-0.4, -0.2) is 18.7 Å². The Morgan fingerprint density at radius 2 is 1.89 bits per heavy atom. The second kappa shape index (κ2) is 8.49. The zero-order valence-electron chi connectivity index (χ0n) is 10.00. The molecule has 0 aliphatic heterocycles.